The van der Waals surface area contributed by atoms with Gasteiger partial charge in [0, 0.05) is 6.20 Å². The van der Waals surface area contributed by atoms with Gasteiger partial charge in [-0.25, -0.2) is 18.3 Å². The Labute approximate surface area is 163 Å². The van der Waals surface area contributed by atoms with Gasteiger partial charge in [0.2, 0.25) is 0 Å². The van der Waals surface area contributed by atoms with Crippen molar-refractivity contribution in [2.45, 2.75) is 24.3 Å². The number of nitrogens with zero attached hydrogens (tertiary/aromatic N) is 1. The molecule has 0 saturated carbocycles. The highest BCUT2D eigenvalue weighted by atomic mass is 32.1. The average Bonchev–Trinajstić information content (AvgIpc) is 2.74. The third kappa shape index (κ3) is 5.06. The van der Waals surface area contributed by atoms with Crippen LogP contribution < -0.4 is 5.69 Å². The van der Waals surface area contributed by atoms with Gasteiger partial charge in [-0.3, -0.25) is 18.9 Å². The molecule has 0 aromatic carbocycles. The standard InChI is InChI=1S/C10H13FN2O12P2S/c11-10(3-23-27(21,22)25-26(18,19)20)6(16)5(15)8(24-10)13-1-4(2-14)7(28)12-9(13)17/h1-2,5-6,8,15-16H,3H2,(H,21,22)(H,12,17,28)(H2,18,19,20)/t5-,6+,8-,10-/m1/s1/i3D2,8D. The number of ether oxygens (including phenoxy) is 1. The third-order valence-electron chi connectivity index (χ3n) is 3.03. The molecule has 2 rings (SSSR count). The van der Waals surface area contributed by atoms with Crippen molar-refractivity contribution in [2.75, 3.05) is 6.56 Å². The van der Waals surface area contributed by atoms with Gasteiger partial charge in [0.25, 0.3) is 5.85 Å². The molecule has 1 aromatic rings. The molecular weight excluding hydrogens is 453 g/mol. The normalized spacial score (nSPS) is 34.9. The minimum atomic E-state index is -6.07. The van der Waals surface area contributed by atoms with E-state index < -0.39 is 62.4 Å². The first-order chi connectivity index (χ1) is 13.8. The van der Waals surface area contributed by atoms with E-state index in [0.717, 1.165) is 0 Å². The van der Waals surface area contributed by atoms with E-state index in [1.165, 1.54) is 0 Å². The van der Waals surface area contributed by atoms with Crippen LogP contribution in [0.25, 0.3) is 0 Å². The number of aromatic amines is 1. The van der Waals surface area contributed by atoms with Gasteiger partial charge in [-0.05, 0) is 0 Å². The number of halogens is 1. The van der Waals surface area contributed by atoms with Gasteiger partial charge in [-0.2, -0.15) is 4.31 Å². The first kappa shape index (κ1) is 18.8. The zero-order chi connectivity index (χ0) is 24.2. The summed E-state index contributed by atoms with van der Waals surface area (Å²) in [6.45, 7) is -4.32. The van der Waals surface area contributed by atoms with Crippen LogP contribution in [0.5, 0.6) is 0 Å². The number of aldehydes is 1. The molecule has 6 N–H and O–H groups in total. The predicted octanol–water partition coefficient (Wildman–Crippen LogP) is -1.14. The topological polar surface area (TPSA) is 218 Å². The number of hydrogen-bond donors (Lipinski definition) is 6. The summed E-state index contributed by atoms with van der Waals surface area (Å²) in [4.78, 5) is 51.3. The van der Waals surface area contributed by atoms with Gasteiger partial charge in [-0.15, -0.1) is 0 Å². The fourth-order valence-corrected chi connectivity index (χ4v) is 3.53. The second-order valence-electron chi connectivity index (χ2n) is 5.04. The van der Waals surface area contributed by atoms with Crippen LogP contribution in [0.1, 0.15) is 20.7 Å². The van der Waals surface area contributed by atoms with Crippen molar-refractivity contribution in [3.8, 4) is 0 Å². The number of phosphoric acid groups is 2. The summed E-state index contributed by atoms with van der Waals surface area (Å²) < 4.78 is 71.7. The summed E-state index contributed by atoms with van der Waals surface area (Å²) >= 11 is 4.66. The van der Waals surface area contributed by atoms with E-state index in [2.05, 4.69) is 25.8 Å². The molecule has 0 bridgehead atoms. The molecular formula is C10H13FN2O12P2S. The molecule has 0 aliphatic carbocycles. The van der Waals surface area contributed by atoms with E-state index in [9.17, 15) is 33.8 Å². The molecule has 1 fully saturated rings. The van der Waals surface area contributed by atoms with Crippen molar-refractivity contribution in [1.29, 1.82) is 0 Å². The van der Waals surface area contributed by atoms with Crippen LogP contribution in [0.4, 0.5) is 4.39 Å². The Balaban J connectivity index is 2.54. The molecule has 0 radical (unpaired) electrons. The van der Waals surface area contributed by atoms with Crippen molar-refractivity contribution in [1.82, 2.24) is 9.55 Å². The highest BCUT2D eigenvalue weighted by molar-refractivity contribution is 7.71. The third-order valence-corrected chi connectivity index (χ3v) is 5.37. The van der Waals surface area contributed by atoms with Crippen molar-refractivity contribution < 1.29 is 60.9 Å². The Morgan fingerprint density at radius 3 is 2.64 bits per heavy atom. The van der Waals surface area contributed by atoms with E-state index in [-0.39, 0.29) is 10.9 Å². The van der Waals surface area contributed by atoms with Gasteiger partial charge in [0.05, 0.1) is 9.68 Å². The van der Waals surface area contributed by atoms with Crippen LogP contribution in [0, 0.1) is 4.64 Å². The lowest BCUT2D eigenvalue weighted by Gasteiger charge is -2.23. The highest BCUT2D eigenvalue weighted by Crippen LogP contribution is 2.58. The molecule has 28 heavy (non-hydrogen) atoms. The molecule has 1 aliphatic rings. The molecule has 0 amide bonds. The van der Waals surface area contributed by atoms with Gasteiger partial charge in [-0.1, -0.05) is 12.2 Å². The zero-order valence-electron chi connectivity index (χ0n) is 16.0. The molecule has 14 nitrogen and oxygen atoms in total. The lowest BCUT2D eigenvalue weighted by molar-refractivity contribution is -0.204. The molecule has 0 spiro atoms. The summed E-state index contributed by atoms with van der Waals surface area (Å²) in [5.74, 6) is -4.40. The molecule has 18 heteroatoms. The second-order valence-corrected chi connectivity index (χ2v) is 8.20. The van der Waals surface area contributed by atoms with E-state index in [1.54, 1.807) is 0 Å². The summed E-state index contributed by atoms with van der Waals surface area (Å²) in [5, 5.41) is 20.1. The lowest BCUT2D eigenvalue weighted by Crippen LogP contribution is -2.43. The van der Waals surface area contributed by atoms with Crippen molar-refractivity contribution in [2.24, 2.45) is 0 Å². The Kier molecular flexibility index (Phi) is 5.34. The Hall–Kier alpha value is -1.16. The number of aliphatic hydroxyl groups is 2. The van der Waals surface area contributed by atoms with Gasteiger partial charge >= 0.3 is 21.3 Å². The quantitative estimate of drug-likeness (QED) is 0.158. The maximum absolute atomic E-state index is 15.3. The van der Waals surface area contributed by atoms with E-state index in [1.807, 2.05) is 4.98 Å². The lowest BCUT2D eigenvalue weighted by atomic mass is 10.1. The number of rotatable bonds is 7. The summed E-state index contributed by atoms with van der Waals surface area (Å²) in [6, 6.07) is 0. The van der Waals surface area contributed by atoms with Crippen LogP contribution in [0.3, 0.4) is 0 Å². The number of carbonyl (C=O) groups excluding carboxylic acids is 1. The van der Waals surface area contributed by atoms with E-state index in [4.69, 9.17) is 13.9 Å². The fraction of sp³-hybridized carbons (Fsp3) is 0.500. The Bertz CT molecular complexity index is 1110. The monoisotopic (exact) mass is 469 g/mol. The van der Waals surface area contributed by atoms with Crippen molar-refractivity contribution in [3.63, 3.8) is 0 Å². The Morgan fingerprint density at radius 2 is 2.11 bits per heavy atom. The molecule has 1 aliphatic heterocycles. The van der Waals surface area contributed by atoms with E-state index >= 15 is 4.39 Å². The number of H-pyrrole nitrogens is 1. The Morgan fingerprint density at radius 1 is 1.50 bits per heavy atom. The predicted molar refractivity (Wildman–Crippen MR) is 86.2 cm³/mol. The molecule has 2 heterocycles. The van der Waals surface area contributed by atoms with Crippen LogP contribution in [0.15, 0.2) is 11.0 Å². The van der Waals surface area contributed by atoms with Crippen LogP contribution in [0.2, 0.25) is 0 Å². The minimum absolute atomic E-state index is 0.0303. The van der Waals surface area contributed by atoms with Gasteiger partial charge in [0.1, 0.15) is 23.4 Å². The van der Waals surface area contributed by atoms with E-state index in [0.29, 0.717) is 6.20 Å². The van der Waals surface area contributed by atoms with Gasteiger partial charge in [0.15, 0.2) is 12.5 Å². The summed E-state index contributed by atoms with van der Waals surface area (Å²) in [7, 11) is -11.8. The highest BCUT2D eigenvalue weighted by Gasteiger charge is 2.57. The summed E-state index contributed by atoms with van der Waals surface area (Å²) in [6.07, 6.45) is -8.67. The number of aliphatic hydroxyl groups excluding tert-OH is 2. The maximum Gasteiger partial charge on any atom is 0.481 e. The zero-order valence-corrected chi connectivity index (χ0v) is 15.6. The average molecular weight is 469 g/mol. The molecule has 5 atom stereocenters. The largest absolute Gasteiger partial charge is 0.481 e. The fourth-order valence-electron chi connectivity index (χ4n) is 1.89. The van der Waals surface area contributed by atoms with Crippen LogP contribution >= 0.6 is 27.9 Å². The number of phosphoric ester groups is 1. The first-order valence-corrected chi connectivity index (χ1v) is 10.1. The van der Waals surface area contributed by atoms with Gasteiger partial charge < -0.3 is 29.6 Å². The van der Waals surface area contributed by atoms with Crippen molar-refractivity contribution >= 4 is 34.1 Å². The molecule has 1 aromatic heterocycles. The molecule has 1 saturated heterocycles. The minimum Gasteiger partial charge on any atom is -0.385 e. The molecule has 158 valence electrons. The first-order valence-electron chi connectivity index (χ1n) is 8.17. The number of alkyl halides is 1. The number of nitrogens with one attached hydrogen (secondary N) is 1. The summed E-state index contributed by atoms with van der Waals surface area (Å²) in [5.41, 5.74) is -1.84. The van der Waals surface area contributed by atoms with Crippen LogP contribution in [-0.4, -0.2) is 65.4 Å². The SMILES string of the molecule is [2H]C([2H])(OP(=O)(O)OP(=O)(O)O)[C@@]1(F)O[C@@]([2H])(n2cc(C=O)c(=S)[nH]c2=O)[C@H](O)[C@@H]1O. The van der Waals surface area contributed by atoms with Crippen molar-refractivity contribution in [3.05, 3.63) is 26.9 Å². The number of hydrogen-bond acceptors (Lipinski definition) is 10. The number of carbonyl (C=O) groups is 1. The smallest absolute Gasteiger partial charge is 0.385 e. The second kappa shape index (κ2) is 7.93. The maximum atomic E-state index is 15.3. The molecule has 1 unspecified atom stereocenters. The number of aromatic nitrogens is 2. The van der Waals surface area contributed by atoms with Crippen LogP contribution in [-0.2, 0) is 22.7 Å².